The molecule has 5 aromatic carbocycles. The second kappa shape index (κ2) is 6.77. The third-order valence-corrected chi connectivity index (χ3v) is 7.57. The number of hydrogen-bond acceptors (Lipinski definition) is 3. The van der Waals surface area contributed by atoms with Crippen LogP contribution in [0.2, 0.25) is 0 Å². The summed E-state index contributed by atoms with van der Waals surface area (Å²) in [5.41, 5.74) is 9.88. The number of nitrogens with zero attached hydrogens (tertiary/aromatic N) is 2. The molecular weight excluding hydrogens is 456 g/mol. The zero-order chi connectivity index (χ0) is 24.1. The number of pyridine rings is 1. The highest BCUT2D eigenvalue weighted by molar-refractivity contribution is 6.19. The molecule has 0 amide bonds. The Hall–Kier alpha value is -5.09. The van der Waals surface area contributed by atoms with Crippen molar-refractivity contribution in [3.63, 3.8) is 0 Å². The van der Waals surface area contributed by atoms with Crippen LogP contribution in [0.1, 0.15) is 0 Å². The monoisotopic (exact) mass is 474 g/mol. The fourth-order valence-corrected chi connectivity index (χ4v) is 5.88. The number of imidazole rings is 1. The largest absolute Gasteiger partial charge is 0.456 e. The van der Waals surface area contributed by atoms with Crippen molar-refractivity contribution in [2.45, 2.75) is 0 Å². The molecule has 0 atom stereocenters. The van der Waals surface area contributed by atoms with Crippen LogP contribution in [0, 0.1) is 0 Å². The topological polar surface area (TPSA) is 43.6 Å². The van der Waals surface area contributed by atoms with E-state index in [1.54, 1.807) is 0 Å². The molecule has 37 heavy (non-hydrogen) atoms. The minimum Gasteiger partial charge on any atom is -0.456 e. The number of rotatable bonds is 1. The minimum absolute atomic E-state index is 0.865. The molecule has 0 bridgehead atoms. The normalized spacial score (nSPS) is 12.3. The summed E-state index contributed by atoms with van der Waals surface area (Å²) >= 11 is 0. The number of para-hydroxylation sites is 3. The lowest BCUT2D eigenvalue weighted by molar-refractivity contribution is 0.669. The SMILES string of the molecule is c1ccc2c(c1)nc1c3ccccc3c3oc4ccc(-c5ccc6oc7ccccc7c6c5)cc4c3n21. The molecule has 4 heterocycles. The molecule has 0 saturated heterocycles. The predicted molar refractivity (Wildman–Crippen MR) is 150 cm³/mol. The number of benzene rings is 5. The van der Waals surface area contributed by atoms with E-state index in [0.29, 0.717) is 0 Å². The summed E-state index contributed by atoms with van der Waals surface area (Å²) < 4.78 is 14.8. The summed E-state index contributed by atoms with van der Waals surface area (Å²) in [5.74, 6) is 0. The predicted octanol–water partition coefficient (Wildman–Crippen LogP) is 9.11. The van der Waals surface area contributed by atoms with Gasteiger partial charge in [-0.2, -0.15) is 0 Å². The first-order valence-corrected chi connectivity index (χ1v) is 12.4. The molecule has 9 aromatic rings. The highest BCUT2D eigenvalue weighted by Crippen LogP contribution is 2.40. The molecule has 4 heteroatoms. The van der Waals surface area contributed by atoms with E-state index in [0.717, 1.165) is 82.6 Å². The van der Waals surface area contributed by atoms with Gasteiger partial charge in [0.15, 0.2) is 5.58 Å². The molecule has 0 spiro atoms. The minimum atomic E-state index is 0.865. The van der Waals surface area contributed by atoms with Crippen LogP contribution in [0.25, 0.3) is 82.6 Å². The molecule has 0 saturated carbocycles. The molecule has 0 N–H and O–H groups in total. The van der Waals surface area contributed by atoms with Crippen molar-refractivity contribution in [3.05, 3.63) is 109 Å². The van der Waals surface area contributed by atoms with E-state index in [2.05, 4.69) is 95.4 Å². The Kier molecular flexibility index (Phi) is 3.50. The Labute approximate surface area is 210 Å². The second-order valence-electron chi connectivity index (χ2n) is 9.61. The van der Waals surface area contributed by atoms with Crippen LogP contribution in [-0.4, -0.2) is 9.38 Å². The van der Waals surface area contributed by atoms with Crippen LogP contribution in [0.4, 0.5) is 0 Å². The van der Waals surface area contributed by atoms with Gasteiger partial charge in [-0.05, 0) is 53.6 Å². The van der Waals surface area contributed by atoms with E-state index >= 15 is 0 Å². The van der Waals surface area contributed by atoms with E-state index in [9.17, 15) is 0 Å². The van der Waals surface area contributed by atoms with Crippen molar-refractivity contribution >= 4 is 71.5 Å². The molecule has 0 fully saturated rings. The van der Waals surface area contributed by atoms with Gasteiger partial charge in [-0.1, -0.05) is 66.7 Å². The summed E-state index contributed by atoms with van der Waals surface area (Å²) in [6, 6.07) is 37.8. The van der Waals surface area contributed by atoms with Crippen molar-refractivity contribution in [1.29, 1.82) is 0 Å². The number of fused-ring (bicyclic) bond motifs is 13. The van der Waals surface area contributed by atoms with Crippen molar-refractivity contribution in [2.75, 3.05) is 0 Å². The lowest BCUT2D eigenvalue weighted by atomic mass is 10.0. The quantitative estimate of drug-likeness (QED) is 0.238. The van der Waals surface area contributed by atoms with Gasteiger partial charge in [-0.3, -0.25) is 4.40 Å². The third-order valence-electron chi connectivity index (χ3n) is 7.57. The lowest BCUT2D eigenvalue weighted by Crippen LogP contribution is -1.89. The van der Waals surface area contributed by atoms with Crippen LogP contribution in [0.5, 0.6) is 0 Å². The van der Waals surface area contributed by atoms with Crippen molar-refractivity contribution in [2.24, 2.45) is 0 Å². The Bertz CT molecular complexity index is 2370. The molecule has 0 radical (unpaired) electrons. The molecular formula is C33H18N2O2. The van der Waals surface area contributed by atoms with Crippen molar-refractivity contribution in [3.8, 4) is 11.1 Å². The van der Waals surface area contributed by atoms with E-state index in [1.165, 1.54) is 0 Å². The second-order valence-corrected chi connectivity index (χ2v) is 9.61. The van der Waals surface area contributed by atoms with Gasteiger partial charge in [0.2, 0.25) is 0 Å². The number of aromatic nitrogens is 2. The van der Waals surface area contributed by atoms with Crippen LogP contribution in [0.3, 0.4) is 0 Å². The van der Waals surface area contributed by atoms with Gasteiger partial charge >= 0.3 is 0 Å². The fraction of sp³-hybridized carbons (Fsp3) is 0. The van der Waals surface area contributed by atoms with Crippen LogP contribution >= 0.6 is 0 Å². The smallest absolute Gasteiger partial charge is 0.160 e. The first-order valence-electron chi connectivity index (χ1n) is 12.4. The average molecular weight is 475 g/mol. The summed E-state index contributed by atoms with van der Waals surface area (Å²) in [6.07, 6.45) is 0. The highest BCUT2D eigenvalue weighted by Gasteiger charge is 2.19. The fourth-order valence-electron chi connectivity index (χ4n) is 5.88. The van der Waals surface area contributed by atoms with Crippen LogP contribution < -0.4 is 0 Å². The Morgan fingerprint density at radius 1 is 0.514 bits per heavy atom. The van der Waals surface area contributed by atoms with E-state index < -0.39 is 0 Å². The maximum absolute atomic E-state index is 6.53. The summed E-state index contributed by atoms with van der Waals surface area (Å²) in [4.78, 5) is 5.03. The van der Waals surface area contributed by atoms with Crippen LogP contribution in [0.15, 0.2) is 118 Å². The number of hydrogen-bond donors (Lipinski definition) is 0. The Morgan fingerprint density at radius 3 is 2.03 bits per heavy atom. The van der Waals surface area contributed by atoms with Gasteiger partial charge in [0.1, 0.15) is 27.9 Å². The van der Waals surface area contributed by atoms with Gasteiger partial charge < -0.3 is 8.83 Å². The zero-order valence-electron chi connectivity index (χ0n) is 19.6. The molecule has 9 rings (SSSR count). The van der Waals surface area contributed by atoms with E-state index in [4.69, 9.17) is 13.8 Å². The molecule has 0 aliphatic heterocycles. The standard InChI is InChI=1S/C33H18N2O2/c1-2-9-23-22(8-1)32-31(35-27-11-5-4-10-26(27)34-33(23)35)25-18-20(14-16-30(25)37-32)19-13-15-29-24(17-19)21-7-3-6-12-28(21)36-29/h1-18H. The molecule has 4 nitrogen and oxygen atoms in total. The van der Waals surface area contributed by atoms with Gasteiger partial charge in [0.25, 0.3) is 0 Å². The summed E-state index contributed by atoms with van der Waals surface area (Å²) in [7, 11) is 0. The van der Waals surface area contributed by atoms with Crippen LogP contribution in [-0.2, 0) is 0 Å². The summed E-state index contributed by atoms with van der Waals surface area (Å²) in [6.45, 7) is 0. The lowest BCUT2D eigenvalue weighted by Gasteiger charge is -2.05. The van der Waals surface area contributed by atoms with Crippen molar-refractivity contribution in [1.82, 2.24) is 9.38 Å². The first kappa shape index (κ1) is 19.1. The highest BCUT2D eigenvalue weighted by atomic mass is 16.3. The zero-order valence-corrected chi connectivity index (χ0v) is 19.6. The molecule has 0 unspecified atom stereocenters. The number of furan rings is 2. The average Bonchev–Trinajstić information content (AvgIpc) is 3.63. The maximum atomic E-state index is 6.53. The molecule has 0 aliphatic rings. The summed E-state index contributed by atoms with van der Waals surface area (Å²) in [5, 5.41) is 5.49. The third kappa shape index (κ3) is 2.49. The van der Waals surface area contributed by atoms with Crippen molar-refractivity contribution < 1.29 is 8.83 Å². The molecule has 4 aromatic heterocycles. The van der Waals surface area contributed by atoms with E-state index in [-0.39, 0.29) is 0 Å². The molecule has 172 valence electrons. The van der Waals surface area contributed by atoms with Gasteiger partial charge in [0, 0.05) is 26.9 Å². The first-order chi connectivity index (χ1) is 18.3. The van der Waals surface area contributed by atoms with Gasteiger partial charge in [-0.25, -0.2) is 4.98 Å². The Balaban J connectivity index is 1.41. The molecule has 0 aliphatic carbocycles. The maximum Gasteiger partial charge on any atom is 0.160 e. The van der Waals surface area contributed by atoms with Gasteiger partial charge in [-0.15, -0.1) is 0 Å². The van der Waals surface area contributed by atoms with Gasteiger partial charge in [0.05, 0.1) is 11.0 Å². The van der Waals surface area contributed by atoms with E-state index in [1.807, 2.05) is 18.2 Å². The Morgan fingerprint density at radius 2 is 1.16 bits per heavy atom.